The number of nitrogens with one attached hydrogen (secondary N) is 1. The Balaban J connectivity index is 1.57. The largest absolute Gasteiger partial charge is 0.322 e. The Morgan fingerprint density at radius 1 is 1.16 bits per heavy atom. The molecular formula is C26H23N2O2P. The van der Waals surface area contributed by atoms with Crippen LogP contribution in [0.5, 0.6) is 0 Å². The van der Waals surface area contributed by atoms with Gasteiger partial charge in [-0.2, -0.15) is 0 Å². The standard InChI is InChI=1S/C26H23N2O2P/c29-25(15-13-19-12-14-24(31)23(17-19)28-30)27-22-11-5-9-20-8-4-10-21(26(20)22)16-18-6-2-1-3-7-18/h1-6,8-9,11-18H,7,10,31H2,(H,27,29)/b15-13+,21-16+. The van der Waals surface area contributed by atoms with Crippen molar-refractivity contribution in [1.29, 1.82) is 0 Å². The lowest BCUT2D eigenvalue weighted by molar-refractivity contribution is -0.111. The summed E-state index contributed by atoms with van der Waals surface area (Å²) in [5, 5.41) is 6.75. The fraction of sp³-hybridized carbons (Fsp3) is 0.115. The van der Waals surface area contributed by atoms with Crippen LogP contribution in [0.1, 0.15) is 29.5 Å². The van der Waals surface area contributed by atoms with E-state index in [9.17, 15) is 9.70 Å². The van der Waals surface area contributed by atoms with Crippen molar-refractivity contribution < 1.29 is 4.79 Å². The van der Waals surface area contributed by atoms with E-state index in [4.69, 9.17) is 0 Å². The van der Waals surface area contributed by atoms with Crippen LogP contribution >= 0.6 is 9.24 Å². The number of hydrogen-bond acceptors (Lipinski definition) is 3. The number of carbonyl (C=O) groups is 1. The number of benzene rings is 2. The normalized spacial score (nSPS) is 18.4. The van der Waals surface area contributed by atoms with Gasteiger partial charge in [-0.1, -0.05) is 66.8 Å². The predicted octanol–water partition coefficient (Wildman–Crippen LogP) is 6.17. The number of hydrogen-bond donors (Lipinski definition) is 1. The highest BCUT2D eigenvalue weighted by molar-refractivity contribution is 7.28. The van der Waals surface area contributed by atoms with Gasteiger partial charge in [-0.15, -0.1) is 14.1 Å². The maximum absolute atomic E-state index is 12.6. The third kappa shape index (κ3) is 5.04. The van der Waals surface area contributed by atoms with Crippen molar-refractivity contribution in [2.75, 3.05) is 5.32 Å². The molecule has 2 aromatic carbocycles. The van der Waals surface area contributed by atoms with Crippen molar-refractivity contribution in [3.8, 4) is 0 Å². The fourth-order valence-electron chi connectivity index (χ4n) is 3.81. The summed E-state index contributed by atoms with van der Waals surface area (Å²) < 4.78 is 0. The third-order valence-corrected chi connectivity index (χ3v) is 5.81. The molecule has 2 unspecified atom stereocenters. The Morgan fingerprint density at radius 2 is 2.06 bits per heavy atom. The lowest BCUT2D eigenvalue weighted by Crippen LogP contribution is -2.11. The topological polar surface area (TPSA) is 58.5 Å². The van der Waals surface area contributed by atoms with E-state index in [1.54, 1.807) is 18.2 Å². The molecule has 0 saturated carbocycles. The first-order valence-electron chi connectivity index (χ1n) is 10.2. The van der Waals surface area contributed by atoms with Gasteiger partial charge >= 0.3 is 0 Å². The predicted molar refractivity (Wildman–Crippen MR) is 133 cm³/mol. The summed E-state index contributed by atoms with van der Waals surface area (Å²) in [6.45, 7) is 0. The number of nitroso groups, excluding NO2 is 1. The van der Waals surface area contributed by atoms with Crippen LogP contribution in [0.3, 0.4) is 0 Å². The van der Waals surface area contributed by atoms with Crippen LogP contribution in [0.4, 0.5) is 11.4 Å². The maximum atomic E-state index is 12.6. The van der Waals surface area contributed by atoms with E-state index >= 15 is 0 Å². The maximum Gasteiger partial charge on any atom is 0.248 e. The number of nitrogens with zero attached hydrogens (tertiary/aromatic N) is 1. The summed E-state index contributed by atoms with van der Waals surface area (Å²) in [5.41, 5.74) is 5.29. The first-order valence-corrected chi connectivity index (χ1v) is 10.8. The molecule has 2 aromatic rings. The molecule has 1 amide bonds. The summed E-state index contributed by atoms with van der Waals surface area (Å²) >= 11 is 0. The van der Waals surface area contributed by atoms with Crippen LogP contribution < -0.4 is 10.6 Å². The average molecular weight is 426 g/mol. The van der Waals surface area contributed by atoms with Crippen molar-refractivity contribution in [2.45, 2.75) is 12.8 Å². The molecule has 1 N–H and O–H groups in total. The van der Waals surface area contributed by atoms with Gasteiger partial charge in [0.15, 0.2) is 0 Å². The molecule has 31 heavy (non-hydrogen) atoms. The number of anilines is 1. The van der Waals surface area contributed by atoms with E-state index in [1.807, 2.05) is 18.2 Å². The number of amides is 1. The second-order valence-electron chi connectivity index (χ2n) is 7.51. The minimum atomic E-state index is -0.224. The van der Waals surface area contributed by atoms with Gasteiger partial charge in [0.25, 0.3) is 0 Å². The van der Waals surface area contributed by atoms with Crippen LogP contribution in [0.25, 0.3) is 17.7 Å². The molecule has 2 aliphatic carbocycles. The lowest BCUT2D eigenvalue weighted by atomic mass is 9.87. The molecule has 4 rings (SSSR count). The van der Waals surface area contributed by atoms with Crippen LogP contribution in [-0.4, -0.2) is 5.91 Å². The van der Waals surface area contributed by atoms with Crippen LogP contribution in [-0.2, 0) is 4.79 Å². The van der Waals surface area contributed by atoms with E-state index < -0.39 is 0 Å². The molecule has 4 nitrogen and oxygen atoms in total. The number of carbonyl (C=O) groups excluding carboxylic acids is 1. The highest BCUT2D eigenvalue weighted by Crippen LogP contribution is 2.36. The minimum Gasteiger partial charge on any atom is -0.322 e. The second kappa shape index (κ2) is 9.63. The Bertz CT molecular complexity index is 1170. The molecule has 0 fully saturated rings. The van der Waals surface area contributed by atoms with Crippen LogP contribution in [0, 0.1) is 10.8 Å². The molecule has 154 valence electrons. The van der Waals surface area contributed by atoms with E-state index in [0.29, 0.717) is 11.6 Å². The van der Waals surface area contributed by atoms with Gasteiger partial charge in [-0.3, -0.25) is 4.79 Å². The summed E-state index contributed by atoms with van der Waals surface area (Å²) in [4.78, 5) is 23.5. The van der Waals surface area contributed by atoms with Gasteiger partial charge in [0.2, 0.25) is 5.91 Å². The first kappa shape index (κ1) is 20.9. The summed E-state index contributed by atoms with van der Waals surface area (Å²) in [6, 6.07) is 11.2. The zero-order valence-electron chi connectivity index (χ0n) is 17.0. The van der Waals surface area contributed by atoms with Crippen LogP contribution in [0.2, 0.25) is 0 Å². The number of rotatable bonds is 5. The van der Waals surface area contributed by atoms with E-state index in [1.165, 1.54) is 11.6 Å². The van der Waals surface area contributed by atoms with Crippen molar-refractivity contribution in [2.24, 2.45) is 11.1 Å². The molecule has 0 aliphatic heterocycles. The van der Waals surface area contributed by atoms with Gasteiger partial charge < -0.3 is 5.32 Å². The Morgan fingerprint density at radius 3 is 2.87 bits per heavy atom. The quantitative estimate of drug-likeness (QED) is 0.353. The molecule has 0 bridgehead atoms. The van der Waals surface area contributed by atoms with Gasteiger partial charge in [0.1, 0.15) is 5.69 Å². The highest BCUT2D eigenvalue weighted by atomic mass is 31.0. The SMILES string of the molecule is O=Nc1cc(/C=C/C(=O)Nc2cccc3c2/C(=C/C2C=CC=CC2)CC=C3)ccc1P. The monoisotopic (exact) mass is 426 g/mol. The fourth-order valence-corrected chi connectivity index (χ4v) is 4.04. The molecule has 0 radical (unpaired) electrons. The summed E-state index contributed by atoms with van der Waals surface area (Å²) in [7, 11) is 2.47. The Hall–Kier alpha value is -3.36. The lowest BCUT2D eigenvalue weighted by Gasteiger charge is -2.20. The third-order valence-electron chi connectivity index (χ3n) is 5.32. The Labute approximate surface area is 184 Å². The van der Waals surface area contributed by atoms with E-state index in [-0.39, 0.29) is 5.91 Å². The minimum absolute atomic E-state index is 0.224. The van der Waals surface area contributed by atoms with E-state index in [2.05, 4.69) is 68.3 Å². The zero-order valence-corrected chi connectivity index (χ0v) is 18.1. The number of fused-ring (bicyclic) bond motifs is 1. The second-order valence-corrected chi connectivity index (χ2v) is 8.13. The van der Waals surface area contributed by atoms with Crippen molar-refractivity contribution in [3.05, 3.63) is 101 Å². The van der Waals surface area contributed by atoms with Crippen LogP contribution in [0.15, 0.2) is 84.1 Å². The molecule has 2 atom stereocenters. The van der Waals surface area contributed by atoms with Crippen molar-refractivity contribution in [3.63, 3.8) is 0 Å². The molecule has 0 spiro atoms. The molecule has 0 saturated heterocycles. The highest BCUT2D eigenvalue weighted by Gasteiger charge is 2.17. The van der Waals surface area contributed by atoms with Gasteiger partial charge in [0, 0.05) is 17.3 Å². The first-order chi connectivity index (χ1) is 15.1. The molecule has 0 aromatic heterocycles. The average Bonchev–Trinajstić information content (AvgIpc) is 2.79. The summed E-state index contributed by atoms with van der Waals surface area (Å²) in [5.74, 6) is 0.140. The smallest absolute Gasteiger partial charge is 0.248 e. The summed E-state index contributed by atoms with van der Waals surface area (Å²) in [6.07, 6.45) is 20.1. The number of allylic oxidation sites excluding steroid dienone is 7. The van der Waals surface area contributed by atoms with Crippen molar-refractivity contribution >= 4 is 49.6 Å². The molecule has 0 heterocycles. The van der Waals surface area contributed by atoms with Gasteiger partial charge in [-0.05, 0) is 64.1 Å². The molecule has 5 heteroatoms. The van der Waals surface area contributed by atoms with Gasteiger partial charge in [0.05, 0.1) is 0 Å². The molecule has 2 aliphatic rings. The molecular weight excluding hydrogens is 403 g/mol. The zero-order chi connectivity index (χ0) is 21.6. The van der Waals surface area contributed by atoms with E-state index in [0.717, 1.165) is 40.5 Å². The van der Waals surface area contributed by atoms with Crippen molar-refractivity contribution in [1.82, 2.24) is 0 Å². The Kier molecular flexibility index (Phi) is 6.49. The van der Waals surface area contributed by atoms with Gasteiger partial charge in [-0.25, -0.2) is 0 Å².